The average molecular weight is 432 g/mol. The van der Waals surface area contributed by atoms with E-state index in [1.807, 2.05) is 24.3 Å². The summed E-state index contributed by atoms with van der Waals surface area (Å²) in [4.78, 5) is 19.1. The van der Waals surface area contributed by atoms with Crippen molar-refractivity contribution in [3.8, 4) is 11.5 Å². The number of nitrogens with zero attached hydrogens (tertiary/aromatic N) is 2. The van der Waals surface area contributed by atoms with E-state index in [4.69, 9.17) is 4.74 Å². The number of rotatable bonds is 8. The van der Waals surface area contributed by atoms with E-state index < -0.39 is 6.61 Å². The van der Waals surface area contributed by atoms with Gasteiger partial charge in [-0.1, -0.05) is 37.2 Å². The van der Waals surface area contributed by atoms with E-state index in [1.165, 1.54) is 28.8 Å². The number of aliphatic imine (C=N–C) groups is 1. The normalized spacial score (nSPS) is 15.1. The smallest absolute Gasteiger partial charge is 0.387 e. The first-order valence-corrected chi connectivity index (χ1v) is 10.5. The van der Waals surface area contributed by atoms with Crippen LogP contribution in [0, 0.1) is 0 Å². The van der Waals surface area contributed by atoms with Crippen molar-refractivity contribution in [1.29, 1.82) is 0 Å². The Bertz CT molecular complexity index is 928. The molecule has 1 heterocycles. The molecule has 1 amide bonds. The van der Waals surface area contributed by atoms with Crippen molar-refractivity contribution in [3.05, 3.63) is 59.8 Å². The summed E-state index contributed by atoms with van der Waals surface area (Å²) >= 11 is 1.49. The van der Waals surface area contributed by atoms with Gasteiger partial charge in [0.25, 0.3) is 5.91 Å². The van der Waals surface area contributed by atoms with Gasteiger partial charge in [-0.15, -0.1) is 0 Å². The Hall–Kier alpha value is -2.87. The minimum absolute atomic E-state index is 0.0338. The molecule has 0 saturated heterocycles. The van der Waals surface area contributed by atoms with E-state index >= 15 is 0 Å². The van der Waals surface area contributed by atoms with Crippen molar-refractivity contribution in [2.75, 3.05) is 17.8 Å². The van der Waals surface area contributed by atoms with Gasteiger partial charge in [-0.3, -0.25) is 9.69 Å². The van der Waals surface area contributed by atoms with Gasteiger partial charge in [0, 0.05) is 5.75 Å². The number of carbonyl (C=O) groups excluding carboxylic acids is 1. The number of ether oxygens (including phenoxy) is 2. The first kappa shape index (κ1) is 21.8. The van der Waals surface area contributed by atoms with Crippen LogP contribution in [0.4, 0.5) is 14.5 Å². The highest BCUT2D eigenvalue weighted by Gasteiger charge is 2.31. The number of hydrogen-bond acceptors (Lipinski definition) is 5. The Labute approximate surface area is 178 Å². The molecule has 8 heteroatoms. The van der Waals surface area contributed by atoms with E-state index in [1.54, 1.807) is 25.3 Å². The van der Waals surface area contributed by atoms with Crippen molar-refractivity contribution >= 4 is 34.6 Å². The number of anilines is 1. The molecule has 0 unspecified atom stereocenters. The van der Waals surface area contributed by atoms with E-state index in [9.17, 15) is 13.6 Å². The summed E-state index contributed by atoms with van der Waals surface area (Å²) in [7, 11) is 1.59. The van der Waals surface area contributed by atoms with Crippen LogP contribution in [0.1, 0.15) is 25.3 Å². The lowest BCUT2D eigenvalue weighted by atomic mass is 10.2. The standard InChI is InChI=1S/C22H22F2N2O3S/c1-3-4-13-30-22-25-19(14-15-5-9-17(28-2)10-6-15)20(27)26(22)16-7-11-18(12-8-16)29-21(23)24/h5-12,14,21H,3-4,13H2,1-2H3/b19-14+. The molecule has 0 spiro atoms. The molecule has 0 radical (unpaired) electrons. The Morgan fingerprint density at radius 3 is 2.37 bits per heavy atom. The highest BCUT2D eigenvalue weighted by Crippen LogP contribution is 2.31. The number of unbranched alkanes of at least 4 members (excludes halogenated alkanes) is 1. The van der Waals surface area contributed by atoms with E-state index in [0.717, 1.165) is 29.9 Å². The molecule has 0 atom stereocenters. The molecular weight excluding hydrogens is 410 g/mol. The second-order valence-corrected chi connectivity index (χ2v) is 7.47. The van der Waals surface area contributed by atoms with Crippen LogP contribution in [0.25, 0.3) is 6.08 Å². The van der Waals surface area contributed by atoms with Crippen LogP contribution in [-0.4, -0.2) is 30.5 Å². The fourth-order valence-corrected chi connectivity index (χ4v) is 3.86. The van der Waals surface area contributed by atoms with Crippen molar-refractivity contribution in [3.63, 3.8) is 0 Å². The molecule has 0 aliphatic carbocycles. The molecular formula is C22H22F2N2O3S. The second-order valence-electron chi connectivity index (χ2n) is 6.41. The van der Waals surface area contributed by atoms with Crippen LogP contribution in [0.3, 0.4) is 0 Å². The molecule has 0 saturated carbocycles. The van der Waals surface area contributed by atoms with Crippen LogP contribution in [-0.2, 0) is 4.79 Å². The molecule has 0 fully saturated rings. The van der Waals surface area contributed by atoms with Gasteiger partial charge in [0.15, 0.2) is 5.17 Å². The number of carbonyl (C=O) groups is 1. The summed E-state index contributed by atoms with van der Waals surface area (Å²) in [5.41, 5.74) is 1.68. The quantitative estimate of drug-likeness (QED) is 0.404. The highest BCUT2D eigenvalue weighted by molar-refractivity contribution is 8.14. The predicted molar refractivity (Wildman–Crippen MR) is 116 cm³/mol. The van der Waals surface area contributed by atoms with Crippen molar-refractivity contribution in [2.24, 2.45) is 4.99 Å². The largest absolute Gasteiger partial charge is 0.497 e. The van der Waals surface area contributed by atoms with Crippen molar-refractivity contribution in [2.45, 2.75) is 26.4 Å². The maximum absolute atomic E-state index is 13.1. The molecule has 0 N–H and O–H groups in total. The first-order chi connectivity index (χ1) is 14.5. The summed E-state index contributed by atoms with van der Waals surface area (Å²) < 4.78 is 34.3. The summed E-state index contributed by atoms with van der Waals surface area (Å²) in [5, 5.41) is 0.565. The third-order valence-electron chi connectivity index (χ3n) is 4.30. The van der Waals surface area contributed by atoms with Crippen molar-refractivity contribution < 1.29 is 23.0 Å². The highest BCUT2D eigenvalue weighted by atomic mass is 32.2. The number of methoxy groups -OCH3 is 1. The molecule has 1 aliphatic rings. The zero-order valence-electron chi connectivity index (χ0n) is 16.7. The zero-order valence-corrected chi connectivity index (χ0v) is 17.5. The van der Waals surface area contributed by atoms with E-state index in [2.05, 4.69) is 16.7 Å². The first-order valence-electron chi connectivity index (χ1n) is 9.48. The summed E-state index contributed by atoms with van der Waals surface area (Å²) in [6.45, 7) is -0.804. The Morgan fingerprint density at radius 2 is 1.77 bits per heavy atom. The summed E-state index contributed by atoms with van der Waals surface area (Å²) in [6, 6.07) is 13.3. The number of benzene rings is 2. The molecule has 1 aliphatic heterocycles. The Kier molecular flexibility index (Phi) is 7.46. The minimum atomic E-state index is -2.90. The molecule has 2 aromatic carbocycles. The summed E-state index contributed by atoms with van der Waals surface area (Å²) in [6.07, 6.45) is 3.74. The number of amidine groups is 1. The molecule has 0 bridgehead atoms. The van der Waals surface area contributed by atoms with Crippen LogP contribution < -0.4 is 14.4 Å². The Balaban J connectivity index is 1.87. The SMILES string of the molecule is CCCCSC1=N/C(=C/c2ccc(OC)cc2)C(=O)N1c1ccc(OC(F)F)cc1. The van der Waals surface area contributed by atoms with Crippen LogP contribution >= 0.6 is 11.8 Å². The van der Waals surface area contributed by atoms with Crippen LogP contribution in [0.5, 0.6) is 11.5 Å². The lowest BCUT2D eigenvalue weighted by molar-refractivity contribution is -0.113. The van der Waals surface area contributed by atoms with Gasteiger partial charge < -0.3 is 9.47 Å². The van der Waals surface area contributed by atoms with Gasteiger partial charge in [0.05, 0.1) is 12.8 Å². The number of thioether (sulfide) groups is 1. The van der Waals surface area contributed by atoms with Crippen LogP contribution in [0.2, 0.25) is 0 Å². The monoisotopic (exact) mass is 432 g/mol. The molecule has 30 heavy (non-hydrogen) atoms. The molecule has 2 aromatic rings. The fourth-order valence-electron chi connectivity index (χ4n) is 2.76. The third-order valence-corrected chi connectivity index (χ3v) is 5.32. The van der Waals surface area contributed by atoms with Gasteiger partial charge >= 0.3 is 6.61 Å². The van der Waals surface area contributed by atoms with Gasteiger partial charge in [-0.25, -0.2) is 4.99 Å². The van der Waals surface area contributed by atoms with Gasteiger partial charge in [-0.2, -0.15) is 8.78 Å². The third kappa shape index (κ3) is 5.38. The number of halogens is 2. The lowest BCUT2D eigenvalue weighted by Crippen LogP contribution is -2.30. The number of hydrogen-bond donors (Lipinski definition) is 0. The maximum Gasteiger partial charge on any atom is 0.387 e. The number of amides is 1. The Morgan fingerprint density at radius 1 is 1.10 bits per heavy atom. The molecule has 3 rings (SSSR count). The predicted octanol–water partition coefficient (Wildman–Crippen LogP) is 5.57. The summed E-state index contributed by atoms with van der Waals surface area (Å²) in [5.74, 6) is 1.31. The molecule has 0 aromatic heterocycles. The fraction of sp³-hybridized carbons (Fsp3) is 0.273. The topological polar surface area (TPSA) is 51.1 Å². The maximum atomic E-state index is 13.1. The molecule has 5 nitrogen and oxygen atoms in total. The van der Waals surface area contributed by atoms with E-state index in [0.29, 0.717) is 16.6 Å². The van der Waals surface area contributed by atoms with Gasteiger partial charge in [0.2, 0.25) is 0 Å². The van der Waals surface area contributed by atoms with Crippen LogP contribution in [0.15, 0.2) is 59.2 Å². The van der Waals surface area contributed by atoms with E-state index in [-0.39, 0.29) is 11.7 Å². The average Bonchev–Trinajstić information content (AvgIpc) is 3.04. The minimum Gasteiger partial charge on any atom is -0.497 e. The lowest BCUT2D eigenvalue weighted by Gasteiger charge is -2.18. The molecule has 158 valence electrons. The zero-order chi connectivity index (χ0) is 21.5. The van der Waals surface area contributed by atoms with Crippen molar-refractivity contribution in [1.82, 2.24) is 0 Å². The number of alkyl halides is 2. The second kappa shape index (κ2) is 10.2. The van der Waals surface area contributed by atoms with Gasteiger partial charge in [0.1, 0.15) is 17.2 Å². The van der Waals surface area contributed by atoms with Gasteiger partial charge in [-0.05, 0) is 54.5 Å².